The summed E-state index contributed by atoms with van der Waals surface area (Å²) < 4.78 is 37.1. The number of hydrogen-bond donors (Lipinski definition) is 2. The summed E-state index contributed by atoms with van der Waals surface area (Å²) in [4.78, 5) is 19.1. The lowest BCUT2D eigenvalue weighted by atomic mass is 10.2. The number of alkyl halides is 3. The SMILES string of the molecule is Cc1cc(N)c(C(=O)Nc2ccc(C(F)(F)F)nc2)cn1. The maximum atomic E-state index is 12.4. The molecule has 2 rings (SSSR count). The second-order valence-corrected chi connectivity index (χ2v) is 4.30. The highest BCUT2D eigenvalue weighted by atomic mass is 19.4. The van der Waals surface area contributed by atoms with Crippen molar-refractivity contribution in [1.29, 1.82) is 0 Å². The van der Waals surface area contributed by atoms with E-state index in [1.165, 1.54) is 12.3 Å². The van der Waals surface area contributed by atoms with Gasteiger partial charge in [0.25, 0.3) is 5.91 Å². The van der Waals surface area contributed by atoms with Gasteiger partial charge in [0.2, 0.25) is 0 Å². The second kappa shape index (κ2) is 5.39. The third kappa shape index (κ3) is 3.47. The molecule has 2 aromatic heterocycles. The number of nitrogens with zero attached hydrogens (tertiary/aromatic N) is 2. The van der Waals surface area contributed by atoms with Gasteiger partial charge >= 0.3 is 6.18 Å². The number of rotatable bonds is 2. The predicted molar refractivity (Wildman–Crippen MR) is 70.6 cm³/mol. The molecule has 5 nitrogen and oxygen atoms in total. The molecule has 2 aromatic rings. The third-order valence-electron chi connectivity index (χ3n) is 2.63. The van der Waals surface area contributed by atoms with Gasteiger partial charge in [0.15, 0.2) is 0 Å². The van der Waals surface area contributed by atoms with Gasteiger partial charge < -0.3 is 11.1 Å². The molecule has 0 bridgehead atoms. The van der Waals surface area contributed by atoms with Crippen LogP contribution in [-0.2, 0) is 6.18 Å². The molecule has 0 aliphatic carbocycles. The molecule has 110 valence electrons. The number of carbonyl (C=O) groups is 1. The van der Waals surface area contributed by atoms with E-state index < -0.39 is 17.8 Å². The molecule has 0 atom stereocenters. The standard InChI is InChI=1S/C13H11F3N4O/c1-7-4-10(17)9(6-18-7)12(21)20-8-2-3-11(19-5-8)13(14,15)16/h2-6H,1H3,(H2,17,18)(H,20,21). The highest BCUT2D eigenvalue weighted by Gasteiger charge is 2.32. The maximum absolute atomic E-state index is 12.4. The van der Waals surface area contributed by atoms with Crippen molar-refractivity contribution in [2.24, 2.45) is 0 Å². The van der Waals surface area contributed by atoms with Crippen LogP contribution in [0.1, 0.15) is 21.7 Å². The molecule has 0 saturated heterocycles. The largest absolute Gasteiger partial charge is 0.433 e. The Bertz CT molecular complexity index is 668. The molecule has 0 fully saturated rings. The van der Waals surface area contributed by atoms with Crippen LogP contribution in [0, 0.1) is 6.92 Å². The summed E-state index contributed by atoms with van der Waals surface area (Å²) in [5.74, 6) is -0.568. The van der Waals surface area contributed by atoms with Crippen LogP contribution in [0.25, 0.3) is 0 Å². The zero-order chi connectivity index (χ0) is 15.6. The molecule has 21 heavy (non-hydrogen) atoms. The smallest absolute Gasteiger partial charge is 0.398 e. The Morgan fingerprint density at radius 3 is 2.48 bits per heavy atom. The molecule has 3 N–H and O–H groups in total. The maximum Gasteiger partial charge on any atom is 0.433 e. The van der Waals surface area contributed by atoms with Crippen molar-refractivity contribution in [3.8, 4) is 0 Å². The van der Waals surface area contributed by atoms with Crippen molar-refractivity contribution in [2.45, 2.75) is 13.1 Å². The second-order valence-electron chi connectivity index (χ2n) is 4.30. The van der Waals surface area contributed by atoms with Crippen molar-refractivity contribution in [2.75, 3.05) is 11.1 Å². The third-order valence-corrected chi connectivity index (χ3v) is 2.63. The summed E-state index contributed by atoms with van der Waals surface area (Å²) in [5, 5.41) is 2.41. The summed E-state index contributed by atoms with van der Waals surface area (Å²) in [5.41, 5.74) is 5.82. The van der Waals surface area contributed by atoms with Crippen molar-refractivity contribution >= 4 is 17.3 Å². The fraction of sp³-hybridized carbons (Fsp3) is 0.154. The topological polar surface area (TPSA) is 80.9 Å². The zero-order valence-corrected chi connectivity index (χ0v) is 10.9. The highest BCUT2D eigenvalue weighted by Crippen LogP contribution is 2.27. The number of nitrogen functional groups attached to an aromatic ring is 1. The van der Waals surface area contributed by atoms with Crippen LogP contribution in [0.15, 0.2) is 30.6 Å². The molecule has 0 saturated carbocycles. The molecule has 0 aliphatic rings. The van der Waals surface area contributed by atoms with E-state index in [4.69, 9.17) is 5.73 Å². The molecule has 0 spiro atoms. The van der Waals surface area contributed by atoms with Gasteiger partial charge in [-0.25, -0.2) is 4.98 Å². The minimum Gasteiger partial charge on any atom is -0.398 e. The van der Waals surface area contributed by atoms with Gasteiger partial charge in [0.05, 0.1) is 17.4 Å². The van der Waals surface area contributed by atoms with E-state index >= 15 is 0 Å². The Morgan fingerprint density at radius 1 is 1.24 bits per heavy atom. The first-order valence-electron chi connectivity index (χ1n) is 5.84. The predicted octanol–water partition coefficient (Wildman–Crippen LogP) is 2.64. The number of nitrogens with two attached hydrogens (primary N) is 1. The van der Waals surface area contributed by atoms with E-state index in [9.17, 15) is 18.0 Å². The van der Waals surface area contributed by atoms with Crippen LogP contribution in [0.3, 0.4) is 0 Å². The van der Waals surface area contributed by atoms with E-state index in [2.05, 4.69) is 15.3 Å². The first-order valence-corrected chi connectivity index (χ1v) is 5.84. The van der Waals surface area contributed by atoms with Crippen molar-refractivity contribution in [3.63, 3.8) is 0 Å². The zero-order valence-electron chi connectivity index (χ0n) is 10.9. The molecule has 0 aromatic carbocycles. The number of nitrogens with one attached hydrogen (secondary N) is 1. The molecule has 1 amide bonds. The lowest BCUT2D eigenvalue weighted by Gasteiger charge is -2.09. The number of anilines is 2. The van der Waals surface area contributed by atoms with Gasteiger partial charge in [-0.2, -0.15) is 13.2 Å². The van der Waals surface area contributed by atoms with Crippen molar-refractivity contribution in [3.05, 3.63) is 47.5 Å². The average Bonchev–Trinajstić information content (AvgIpc) is 2.38. The average molecular weight is 296 g/mol. The van der Waals surface area contributed by atoms with Gasteiger partial charge in [-0.3, -0.25) is 9.78 Å². The van der Waals surface area contributed by atoms with Crippen LogP contribution in [0.4, 0.5) is 24.5 Å². The molecule has 8 heteroatoms. The number of halogens is 3. The fourth-order valence-electron chi connectivity index (χ4n) is 1.60. The Labute approximate surface area is 118 Å². The van der Waals surface area contributed by atoms with Gasteiger partial charge in [-0.1, -0.05) is 0 Å². The van der Waals surface area contributed by atoms with Crippen molar-refractivity contribution in [1.82, 2.24) is 9.97 Å². The lowest BCUT2D eigenvalue weighted by Crippen LogP contribution is -2.15. The first-order chi connectivity index (χ1) is 9.77. The van der Waals surface area contributed by atoms with Gasteiger partial charge in [0, 0.05) is 17.6 Å². The molecule has 0 unspecified atom stereocenters. The van der Waals surface area contributed by atoms with Gasteiger partial charge in [-0.05, 0) is 25.1 Å². The number of aryl methyl sites for hydroxylation is 1. The van der Waals surface area contributed by atoms with Gasteiger partial charge in [0.1, 0.15) is 5.69 Å². The summed E-state index contributed by atoms with van der Waals surface area (Å²) in [6.45, 7) is 1.72. The molecule has 2 heterocycles. The number of pyridine rings is 2. The quantitative estimate of drug-likeness (QED) is 0.892. The highest BCUT2D eigenvalue weighted by molar-refractivity contribution is 6.07. The van der Waals surface area contributed by atoms with E-state index in [-0.39, 0.29) is 16.9 Å². The summed E-state index contributed by atoms with van der Waals surface area (Å²) in [6.07, 6.45) is -2.29. The van der Waals surface area contributed by atoms with Crippen LogP contribution in [0.5, 0.6) is 0 Å². The Balaban J connectivity index is 2.16. The Kier molecular flexibility index (Phi) is 3.79. The minimum absolute atomic E-state index is 0.132. The fourth-order valence-corrected chi connectivity index (χ4v) is 1.60. The van der Waals surface area contributed by atoms with Crippen molar-refractivity contribution < 1.29 is 18.0 Å². The van der Waals surface area contributed by atoms with Crippen LogP contribution >= 0.6 is 0 Å². The number of aromatic nitrogens is 2. The number of carbonyl (C=O) groups excluding carboxylic acids is 1. The lowest BCUT2D eigenvalue weighted by molar-refractivity contribution is -0.141. The normalized spacial score (nSPS) is 11.2. The number of amides is 1. The van der Waals surface area contributed by atoms with Crippen LogP contribution < -0.4 is 11.1 Å². The molecular formula is C13H11F3N4O. The molecule has 0 radical (unpaired) electrons. The van der Waals surface area contributed by atoms with Crippen LogP contribution in [-0.4, -0.2) is 15.9 Å². The van der Waals surface area contributed by atoms with E-state index in [0.717, 1.165) is 18.3 Å². The first kappa shape index (κ1) is 14.8. The summed E-state index contributed by atoms with van der Waals surface area (Å²) >= 11 is 0. The van der Waals surface area contributed by atoms with E-state index in [0.29, 0.717) is 5.69 Å². The minimum atomic E-state index is -4.52. The summed E-state index contributed by atoms with van der Waals surface area (Å²) in [7, 11) is 0. The van der Waals surface area contributed by atoms with E-state index in [1.807, 2.05) is 0 Å². The molecule has 0 aliphatic heterocycles. The van der Waals surface area contributed by atoms with Gasteiger partial charge in [-0.15, -0.1) is 0 Å². The Morgan fingerprint density at radius 2 is 1.95 bits per heavy atom. The number of hydrogen-bond acceptors (Lipinski definition) is 4. The Hall–Kier alpha value is -2.64. The summed E-state index contributed by atoms with van der Waals surface area (Å²) in [6, 6.07) is 3.43. The van der Waals surface area contributed by atoms with E-state index in [1.54, 1.807) is 6.92 Å². The molecular weight excluding hydrogens is 285 g/mol. The monoisotopic (exact) mass is 296 g/mol. The van der Waals surface area contributed by atoms with Crippen LogP contribution in [0.2, 0.25) is 0 Å².